The second-order valence-corrected chi connectivity index (χ2v) is 1.80. The van der Waals surface area contributed by atoms with Gasteiger partial charge in [-0.05, 0) is 5.75 Å². The van der Waals surface area contributed by atoms with Crippen molar-refractivity contribution in [1.82, 2.24) is 0 Å². The zero-order valence-corrected chi connectivity index (χ0v) is 9.12. The average Bonchev–Trinajstić information content (AvgIpc) is 1.97. The van der Waals surface area contributed by atoms with Gasteiger partial charge in [0, 0.05) is 6.07 Å². The summed E-state index contributed by atoms with van der Waals surface area (Å²) in [5.74, 6) is -9.06. The molecule has 0 bridgehead atoms. The number of benzene rings is 1. The van der Waals surface area contributed by atoms with E-state index in [1.807, 2.05) is 0 Å². The minimum atomic E-state index is -1.90. The molecule has 0 aromatic heterocycles. The summed E-state index contributed by atoms with van der Waals surface area (Å²) in [4.78, 5) is 0. The maximum atomic E-state index is 12.1. The van der Waals surface area contributed by atoms with Gasteiger partial charge in [0.1, 0.15) is 0 Å². The largest absolute Gasteiger partial charge is 1.00 e. The molecule has 0 aliphatic rings. The molecule has 0 saturated carbocycles. The molecule has 1 aromatic rings. The van der Waals surface area contributed by atoms with Crippen LogP contribution in [-0.2, 0) is 0 Å². The molecule has 0 unspecified atom stereocenters. The number of hydrogen-bond acceptors (Lipinski definition) is 1. The number of hydrogen-bond donors (Lipinski definition) is 0. The summed E-state index contributed by atoms with van der Waals surface area (Å²) in [6.45, 7) is 0. The van der Waals surface area contributed by atoms with E-state index < -0.39 is 29.0 Å². The first-order valence-electron chi connectivity index (χ1n) is 2.54. The predicted molar refractivity (Wildman–Crippen MR) is 25.7 cm³/mol. The molecule has 6 heteroatoms. The zero-order valence-electron chi connectivity index (χ0n) is 6.00. The van der Waals surface area contributed by atoms with E-state index in [9.17, 15) is 22.7 Å². The van der Waals surface area contributed by atoms with E-state index in [-0.39, 0.29) is 57.5 Å². The molecular formula is C6HF4KO. The van der Waals surface area contributed by atoms with Gasteiger partial charge >= 0.3 is 51.4 Å². The summed E-state index contributed by atoms with van der Waals surface area (Å²) < 4.78 is 48.2. The molecule has 12 heavy (non-hydrogen) atoms. The van der Waals surface area contributed by atoms with Gasteiger partial charge in [-0.25, -0.2) is 17.6 Å². The van der Waals surface area contributed by atoms with E-state index in [0.29, 0.717) is 0 Å². The molecule has 0 fully saturated rings. The van der Waals surface area contributed by atoms with Crippen LogP contribution in [0.15, 0.2) is 6.07 Å². The Bertz CT molecular complexity index is 276. The Hall–Kier alpha value is 0.376. The Morgan fingerprint density at radius 2 is 1.25 bits per heavy atom. The van der Waals surface area contributed by atoms with Gasteiger partial charge in [0.15, 0.2) is 23.3 Å². The van der Waals surface area contributed by atoms with Gasteiger partial charge in [-0.2, -0.15) is 0 Å². The van der Waals surface area contributed by atoms with E-state index >= 15 is 0 Å². The monoisotopic (exact) mass is 204 g/mol. The molecule has 0 aliphatic carbocycles. The first-order chi connectivity index (χ1) is 5.04. The van der Waals surface area contributed by atoms with Gasteiger partial charge in [-0.15, -0.1) is 0 Å². The summed E-state index contributed by atoms with van der Waals surface area (Å²) in [6, 6.07) is -0.0218. The van der Waals surface area contributed by atoms with E-state index in [2.05, 4.69) is 0 Å². The van der Waals surface area contributed by atoms with Gasteiger partial charge in [0.2, 0.25) is 0 Å². The third-order valence-electron chi connectivity index (χ3n) is 1.07. The van der Waals surface area contributed by atoms with E-state index in [0.717, 1.165) is 0 Å². The molecule has 60 valence electrons. The molecule has 0 aliphatic heterocycles. The van der Waals surface area contributed by atoms with Crippen LogP contribution in [0.5, 0.6) is 5.75 Å². The fourth-order valence-electron chi connectivity index (χ4n) is 0.551. The molecule has 1 rings (SSSR count). The van der Waals surface area contributed by atoms with Crippen LogP contribution in [0.3, 0.4) is 0 Å². The van der Waals surface area contributed by atoms with Crippen LogP contribution < -0.4 is 56.5 Å². The Morgan fingerprint density at radius 1 is 0.917 bits per heavy atom. The molecule has 0 atom stereocenters. The molecule has 0 radical (unpaired) electrons. The van der Waals surface area contributed by atoms with Crippen molar-refractivity contribution in [3.8, 4) is 5.75 Å². The molecule has 0 N–H and O–H groups in total. The fourth-order valence-corrected chi connectivity index (χ4v) is 0.551. The van der Waals surface area contributed by atoms with Gasteiger partial charge in [0.25, 0.3) is 0 Å². The molecule has 1 aromatic carbocycles. The molecule has 1 nitrogen and oxygen atoms in total. The Kier molecular flexibility index (Phi) is 4.71. The van der Waals surface area contributed by atoms with Crippen LogP contribution in [-0.4, -0.2) is 0 Å². The van der Waals surface area contributed by atoms with E-state index in [1.165, 1.54) is 0 Å². The summed E-state index contributed by atoms with van der Waals surface area (Å²) >= 11 is 0. The number of rotatable bonds is 0. The van der Waals surface area contributed by atoms with E-state index in [1.54, 1.807) is 0 Å². The maximum absolute atomic E-state index is 12.1. The van der Waals surface area contributed by atoms with Crippen molar-refractivity contribution in [2.45, 2.75) is 0 Å². The van der Waals surface area contributed by atoms with Crippen molar-refractivity contribution in [3.05, 3.63) is 29.3 Å². The van der Waals surface area contributed by atoms with E-state index in [4.69, 9.17) is 0 Å². The van der Waals surface area contributed by atoms with Gasteiger partial charge < -0.3 is 5.11 Å². The normalized spacial score (nSPS) is 9.33. The second-order valence-electron chi connectivity index (χ2n) is 1.80. The van der Waals surface area contributed by atoms with Gasteiger partial charge in [-0.1, -0.05) is 0 Å². The second kappa shape index (κ2) is 4.57. The van der Waals surface area contributed by atoms with Gasteiger partial charge in [0.05, 0.1) is 0 Å². The SMILES string of the molecule is [K+].[O-]c1c(F)c(F)cc(F)c1F. The number of halogens is 4. The molecule has 0 spiro atoms. The van der Waals surface area contributed by atoms with Crippen LogP contribution in [0.2, 0.25) is 0 Å². The minimum absolute atomic E-state index is 0. The quantitative estimate of drug-likeness (QED) is 0.281. The topological polar surface area (TPSA) is 23.1 Å². The molecular weight excluding hydrogens is 203 g/mol. The molecule has 0 heterocycles. The Balaban J connectivity index is 0.00000121. The van der Waals surface area contributed by atoms with Crippen molar-refractivity contribution in [2.24, 2.45) is 0 Å². The van der Waals surface area contributed by atoms with Crippen molar-refractivity contribution in [3.63, 3.8) is 0 Å². The van der Waals surface area contributed by atoms with Crippen molar-refractivity contribution in [2.75, 3.05) is 0 Å². The maximum Gasteiger partial charge on any atom is 1.00 e. The first kappa shape index (κ1) is 12.4. The smallest absolute Gasteiger partial charge is 0.868 e. The van der Waals surface area contributed by atoms with Crippen molar-refractivity contribution >= 4 is 0 Å². The minimum Gasteiger partial charge on any atom is -0.868 e. The fraction of sp³-hybridized carbons (Fsp3) is 0. The third-order valence-corrected chi connectivity index (χ3v) is 1.07. The summed E-state index contributed by atoms with van der Waals surface area (Å²) in [6.07, 6.45) is 0. The van der Waals surface area contributed by atoms with Crippen molar-refractivity contribution in [1.29, 1.82) is 0 Å². The first-order valence-corrected chi connectivity index (χ1v) is 2.54. The zero-order chi connectivity index (χ0) is 8.59. The molecule has 0 saturated heterocycles. The average molecular weight is 204 g/mol. The molecule has 0 amide bonds. The predicted octanol–water partition coefficient (Wildman–Crippen LogP) is -1.68. The van der Waals surface area contributed by atoms with Crippen LogP contribution >= 0.6 is 0 Å². The van der Waals surface area contributed by atoms with Gasteiger partial charge in [-0.3, -0.25) is 0 Å². The third kappa shape index (κ3) is 2.20. The van der Waals surface area contributed by atoms with Crippen LogP contribution in [0.25, 0.3) is 0 Å². The standard InChI is InChI=1S/C6H2F4O.K/c7-2-1-3(8)5(10)6(11)4(2)9;/h1,11H;/q;+1/p-1. The summed E-state index contributed by atoms with van der Waals surface area (Å²) in [5, 5.41) is 10.2. The van der Waals surface area contributed by atoms with Crippen LogP contribution in [0, 0.1) is 23.3 Å². The summed E-state index contributed by atoms with van der Waals surface area (Å²) in [7, 11) is 0. The Morgan fingerprint density at radius 3 is 1.58 bits per heavy atom. The Labute approximate surface area is 108 Å². The summed E-state index contributed by atoms with van der Waals surface area (Å²) in [5.41, 5.74) is 0. The van der Waals surface area contributed by atoms with Crippen LogP contribution in [0.4, 0.5) is 17.6 Å². The van der Waals surface area contributed by atoms with Crippen molar-refractivity contribution < 1.29 is 74.1 Å². The van der Waals surface area contributed by atoms with Crippen LogP contribution in [0.1, 0.15) is 0 Å².